The Morgan fingerprint density at radius 1 is 1.19 bits per heavy atom. The minimum Gasteiger partial charge on any atom is -0.295 e. The van der Waals surface area contributed by atoms with Crippen LogP contribution in [0.2, 0.25) is 0 Å². The van der Waals surface area contributed by atoms with Gasteiger partial charge in [-0.2, -0.15) is 5.10 Å². The van der Waals surface area contributed by atoms with Crippen LogP contribution in [0.25, 0.3) is 11.0 Å². The summed E-state index contributed by atoms with van der Waals surface area (Å²) in [5.41, 5.74) is 0.872. The van der Waals surface area contributed by atoms with Crippen LogP contribution in [0.15, 0.2) is 46.9 Å². The number of halogens is 1. The van der Waals surface area contributed by atoms with Crippen molar-refractivity contribution >= 4 is 43.2 Å². The number of aromatic nitrogens is 5. The van der Waals surface area contributed by atoms with Crippen molar-refractivity contribution in [3.8, 4) is 0 Å². The lowest BCUT2D eigenvalue weighted by molar-refractivity contribution is 0.102. The lowest BCUT2D eigenvalue weighted by Gasteiger charge is -2.04. The minimum atomic E-state index is -3.60. The highest BCUT2D eigenvalue weighted by atomic mass is 32.2. The van der Waals surface area contributed by atoms with Crippen LogP contribution in [-0.4, -0.2) is 44.5 Å². The molecule has 0 aliphatic rings. The van der Waals surface area contributed by atoms with Gasteiger partial charge in [0.05, 0.1) is 17.2 Å². The number of nitrogens with one attached hydrogen (secondary N) is 1. The molecule has 4 rings (SSSR count). The maximum absolute atomic E-state index is 14.1. The Hall–Kier alpha value is -3.25. The molecule has 0 saturated carbocycles. The average molecular weight is 461 g/mol. The fourth-order valence-corrected chi connectivity index (χ4v) is 5.12. The average Bonchev–Trinajstić information content (AvgIpc) is 3.35. The SMILES string of the molecule is CC(C)S(=O)(=O)c1nnc(NC(=O)c2nn(Cc3ccccc3F)c3ncccc23)s1. The molecule has 4 aromatic rings. The second-order valence-corrected chi connectivity index (χ2v) is 10.5. The standard InChI is InChI=1S/C19H17FN6O3S2/c1-11(2)31(28,29)19-24-23-18(30-19)22-17(27)15-13-7-5-9-21-16(13)26(25-15)10-12-6-3-4-8-14(12)20/h3-9,11H,10H2,1-2H3,(H,22,23,27). The predicted molar refractivity (Wildman–Crippen MR) is 113 cm³/mol. The van der Waals surface area contributed by atoms with E-state index in [-0.39, 0.29) is 27.5 Å². The van der Waals surface area contributed by atoms with Gasteiger partial charge < -0.3 is 0 Å². The molecular formula is C19H17FN6O3S2. The van der Waals surface area contributed by atoms with Crippen LogP contribution in [0.4, 0.5) is 9.52 Å². The van der Waals surface area contributed by atoms with E-state index >= 15 is 0 Å². The maximum Gasteiger partial charge on any atom is 0.278 e. The Morgan fingerprint density at radius 2 is 1.97 bits per heavy atom. The number of fused-ring (bicyclic) bond motifs is 1. The van der Waals surface area contributed by atoms with Crippen LogP contribution < -0.4 is 5.32 Å². The Kier molecular flexibility index (Phi) is 5.50. The number of hydrogen-bond donors (Lipinski definition) is 1. The summed E-state index contributed by atoms with van der Waals surface area (Å²) < 4.78 is 39.8. The number of carbonyl (C=O) groups excluding carboxylic acids is 1. The first-order valence-electron chi connectivity index (χ1n) is 9.21. The van der Waals surface area contributed by atoms with Gasteiger partial charge in [0.25, 0.3) is 5.91 Å². The molecule has 0 aliphatic carbocycles. The van der Waals surface area contributed by atoms with Gasteiger partial charge >= 0.3 is 0 Å². The number of hydrogen-bond acceptors (Lipinski definition) is 8. The number of pyridine rings is 1. The van der Waals surface area contributed by atoms with Crippen molar-refractivity contribution < 1.29 is 17.6 Å². The van der Waals surface area contributed by atoms with E-state index in [1.165, 1.54) is 24.6 Å². The number of rotatable bonds is 6. The molecule has 0 unspecified atom stereocenters. The van der Waals surface area contributed by atoms with E-state index < -0.39 is 21.0 Å². The molecule has 0 bridgehead atoms. The Bertz CT molecular complexity index is 1380. The molecule has 0 radical (unpaired) electrons. The lowest BCUT2D eigenvalue weighted by atomic mass is 10.2. The van der Waals surface area contributed by atoms with Gasteiger partial charge in [-0.05, 0) is 32.0 Å². The second kappa shape index (κ2) is 8.12. The molecule has 31 heavy (non-hydrogen) atoms. The molecule has 0 saturated heterocycles. The number of sulfone groups is 1. The Balaban J connectivity index is 1.65. The Labute approximate surface area is 180 Å². The first-order chi connectivity index (χ1) is 14.8. The number of carbonyl (C=O) groups is 1. The number of amides is 1. The minimum absolute atomic E-state index is 0.0323. The van der Waals surface area contributed by atoms with Gasteiger partial charge in [0, 0.05) is 11.8 Å². The smallest absolute Gasteiger partial charge is 0.278 e. The van der Waals surface area contributed by atoms with Gasteiger partial charge in [-0.25, -0.2) is 22.5 Å². The zero-order valence-corrected chi connectivity index (χ0v) is 18.1. The summed E-state index contributed by atoms with van der Waals surface area (Å²) in [6.07, 6.45) is 1.55. The highest BCUT2D eigenvalue weighted by molar-refractivity contribution is 7.93. The van der Waals surface area contributed by atoms with Crippen LogP contribution in [-0.2, 0) is 16.4 Å². The third-order valence-electron chi connectivity index (χ3n) is 4.49. The van der Waals surface area contributed by atoms with E-state index in [1.807, 2.05) is 0 Å². The summed E-state index contributed by atoms with van der Waals surface area (Å²) in [6.45, 7) is 3.16. The maximum atomic E-state index is 14.1. The number of anilines is 1. The molecule has 0 atom stereocenters. The van der Waals surface area contributed by atoms with E-state index in [0.29, 0.717) is 16.6 Å². The van der Waals surface area contributed by atoms with Crippen molar-refractivity contribution in [3.05, 3.63) is 59.7 Å². The molecule has 0 spiro atoms. The van der Waals surface area contributed by atoms with Crippen LogP contribution >= 0.6 is 11.3 Å². The van der Waals surface area contributed by atoms with Crippen molar-refractivity contribution in [2.45, 2.75) is 30.0 Å². The fourth-order valence-electron chi connectivity index (χ4n) is 2.81. The molecule has 3 aromatic heterocycles. The third-order valence-corrected chi connectivity index (χ3v) is 7.88. The lowest BCUT2D eigenvalue weighted by Crippen LogP contribution is -2.14. The van der Waals surface area contributed by atoms with Crippen molar-refractivity contribution in [1.82, 2.24) is 25.0 Å². The third kappa shape index (κ3) is 4.03. The topological polar surface area (TPSA) is 120 Å². The summed E-state index contributed by atoms with van der Waals surface area (Å²) in [5.74, 6) is -0.990. The molecule has 9 nitrogen and oxygen atoms in total. The molecule has 160 valence electrons. The second-order valence-electron chi connectivity index (χ2n) is 6.89. The molecule has 12 heteroatoms. The molecule has 0 aliphatic heterocycles. The van der Waals surface area contributed by atoms with E-state index in [4.69, 9.17) is 0 Å². The van der Waals surface area contributed by atoms with E-state index in [9.17, 15) is 17.6 Å². The van der Waals surface area contributed by atoms with Crippen LogP contribution in [0.3, 0.4) is 0 Å². The van der Waals surface area contributed by atoms with Gasteiger partial charge in [0.2, 0.25) is 19.3 Å². The number of benzene rings is 1. The van der Waals surface area contributed by atoms with Gasteiger partial charge in [0.1, 0.15) is 5.82 Å². The highest BCUT2D eigenvalue weighted by Crippen LogP contribution is 2.25. The zero-order chi connectivity index (χ0) is 22.2. The monoisotopic (exact) mass is 460 g/mol. The zero-order valence-electron chi connectivity index (χ0n) is 16.5. The Morgan fingerprint density at radius 3 is 2.71 bits per heavy atom. The van der Waals surface area contributed by atoms with Crippen molar-refractivity contribution in [3.63, 3.8) is 0 Å². The van der Waals surface area contributed by atoms with E-state index in [2.05, 4.69) is 25.6 Å². The summed E-state index contributed by atoms with van der Waals surface area (Å²) in [7, 11) is -3.60. The van der Waals surface area contributed by atoms with E-state index in [1.54, 1.807) is 36.5 Å². The largest absolute Gasteiger partial charge is 0.295 e. The summed E-state index contributed by atoms with van der Waals surface area (Å²) >= 11 is 0.766. The summed E-state index contributed by atoms with van der Waals surface area (Å²) in [4.78, 5) is 17.1. The molecule has 1 aromatic carbocycles. The first-order valence-corrected chi connectivity index (χ1v) is 11.6. The highest BCUT2D eigenvalue weighted by Gasteiger charge is 2.26. The molecule has 1 N–H and O–H groups in total. The summed E-state index contributed by atoms with van der Waals surface area (Å²) in [5, 5.41) is 14.1. The number of nitrogens with zero attached hydrogens (tertiary/aromatic N) is 5. The molecular weight excluding hydrogens is 443 g/mol. The van der Waals surface area contributed by atoms with E-state index in [0.717, 1.165) is 11.3 Å². The van der Waals surface area contributed by atoms with Gasteiger partial charge in [-0.15, -0.1) is 10.2 Å². The van der Waals surface area contributed by atoms with Gasteiger partial charge in [-0.1, -0.05) is 29.5 Å². The molecule has 0 fully saturated rings. The van der Waals surface area contributed by atoms with Crippen LogP contribution in [0.1, 0.15) is 29.9 Å². The molecule has 3 heterocycles. The quantitative estimate of drug-likeness (QED) is 0.439. The molecule has 1 amide bonds. The fraction of sp³-hybridized carbons (Fsp3) is 0.211. The first kappa shape index (κ1) is 21.0. The van der Waals surface area contributed by atoms with Crippen LogP contribution in [0, 0.1) is 5.82 Å². The van der Waals surface area contributed by atoms with Crippen molar-refractivity contribution in [2.24, 2.45) is 0 Å². The van der Waals surface area contributed by atoms with Crippen LogP contribution in [0.5, 0.6) is 0 Å². The van der Waals surface area contributed by atoms with Crippen molar-refractivity contribution in [1.29, 1.82) is 0 Å². The van der Waals surface area contributed by atoms with Crippen molar-refractivity contribution in [2.75, 3.05) is 5.32 Å². The van der Waals surface area contributed by atoms with Gasteiger partial charge in [0.15, 0.2) is 11.3 Å². The van der Waals surface area contributed by atoms with Gasteiger partial charge in [-0.3, -0.25) is 10.1 Å². The predicted octanol–water partition coefficient (Wildman–Crippen LogP) is 2.90. The normalized spacial score (nSPS) is 11.9. The summed E-state index contributed by atoms with van der Waals surface area (Å²) in [6, 6.07) is 9.61.